The fourth-order valence-corrected chi connectivity index (χ4v) is 3.04. The number of nitrogens with zero attached hydrogens (tertiary/aromatic N) is 1. The van der Waals surface area contributed by atoms with Crippen molar-refractivity contribution in [3.8, 4) is 0 Å². The Hall–Kier alpha value is -2.38. The fraction of sp³-hybridized carbons (Fsp3) is 0.238. The quantitative estimate of drug-likeness (QED) is 0.456. The Morgan fingerprint density at radius 1 is 1.17 bits per heavy atom. The highest BCUT2D eigenvalue weighted by molar-refractivity contribution is 6.45. The van der Waals surface area contributed by atoms with Crippen molar-refractivity contribution in [2.75, 3.05) is 14.2 Å². The van der Waals surface area contributed by atoms with E-state index in [1.165, 1.54) is 14.2 Å². The van der Waals surface area contributed by atoms with Gasteiger partial charge in [0.2, 0.25) is 0 Å². The number of carbonyl (C=O) groups excluding carboxylic acids is 1. The van der Waals surface area contributed by atoms with E-state index < -0.39 is 0 Å². The van der Waals surface area contributed by atoms with E-state index in [1.807, 2.05) is 37.3 Å². The third-order valence-electron chi connectivity index (χ3n) is 3.96. The molecule has 1 atom stereocenters. The van der Waals surface area contributed by atoms with Crippen molar-refractivity contribution in [1.29, 1.82) is 0 Å². The van der Waals surface area contributed by atoms with Crippen LogP contribution in [-0.2, 0) is 21.0 Å². The van der Waals surface area contributed by atoms with Gasteiger partial charge < -0.3 is 10.2 Å². The molecule has 0 bridgehead atoms. The van der Waals surface area contributed by atoms with Crippen LogP contribution in [0.2, 0.25) is 10.0 Å². The molecule has 0 heterocycles. The van der Waals surface area contributed by atoms with Crippen molar-refractivity contribution < 1.29 is 14.5 Å². The summed E-state index contributed by atoms with van der Waals surface area (Å²) in [6.45, 7) is 2.24. The highest BCUT2D eigenvalue weighted by Crippen LogP contribution is 2.25. The van der Waals surface area contributed by atoms with Gasteiger partial charge in [-0.1, -0.05) is 70.8 Å². The number of halogens is 2. The molecule has 0 aliphatic heterocycles. The summed E-state index contributed by atoms with van der Waals surface area (Å²) in [5.74, 6) is -0.340. The number of hydroxylamine groups is 1. The lowest BCUT2D eigenvalue weighted by Gasteiger charge is -2.13. The Kier molecular flexibility index (Phi) is 9.15. The van der Waals surface area contributed by atoms with Crippen LogP contribution in [0.25, 0.3) is 6.08 Å². The van der Waals surface area contributed by atoms with Crippen molar-refractivity contribution in [3.05, 3.63) is 75.3 Å². The molecule has 6 nitrogen and oxygen atoms in total. The number of oxime groups is 1. The normalized spacial score (nSPS) is 12.8. The van der Waals surface area contributed by atoms with E-state index in [0.29, 0.717) is 22.2 Å². The van der Waals surface area contributed by atoms with Crippen molar-refractivity contribution in [3.63, 3.8) is 0 Å². The average molecular weight is 436 g/mol. The van der Waals surface area contributed by atoms with Crippen LogP contribution in [0.5, 0.6) is 0 Å². The van der Waals surface area contributed by atoms with Gasteiger partial charge in [0.1, 0.15) is 7.11 Å². The molecular weight excluding hydrogens is 413 g/mol. The predicted molar refractivity (Wildman–Crippen MR) is 117 cm³/mol. The van der Waals surface area contributed by atoms with E-state index >= 15 is 0 Å². The van der Waals surface area contributed by atoms with Crippen LogP contribution in [0.3, 0.4) is 0 Å². The second-order valence-electron chi connectivity index (χ2n) is 6.00. The van der Waals surface area contributed by atoms with Gasteiger partial charge >= 0.3 is 0 Å². The highest BCUT2D eigenvalue weighted by Gasteiger charge is 2.17. The molecule has 0 fully saturated rings. The smallest absolute Gasteiger partial charge is 0.273 e. The summed E-state index contributed by atoms with van der Waals surface area (Å²) in [6, 6.07) is 12.7. The number of hydrogen-bond donors (Lipinski definition) is 2. The molecule has 0 aromatic heterocycles. The molecule has 0 aliphatic rings. The molecule has 0 spiro atoms. The van der Waals surface area contributed by atoms with Crippen LogP contribution < -0.4 is 10.8 Å². The van der Waals surface area contributed by atoms with Crippen molar-refractivity contribution >= 4 is 40.9 Å². The van der Waals surface area contributed by atoms with E-state index in [4.69, 9.17) is 32.9 Å². The Morgan fingerprint density at radius 3 is 2.52 bits per heavy atom. The molecule has 1 amide bonds. The van der Waals surface area contributed by atoms with Gasteiger partial charge in [-0.15, -0.1) is 0 Å². The molecule has 0 radical (unpaired) electrons. The number of rotatable bonds is 9. The summed E-state index contributed by atoms with van der Waals surface area (Å²) >= 11 is 12.3. The largest absolute Gasteiger partial charge is 0.398 e. The molecular formula is C21H23Cl2N3O3. The first-order valence-corrected chi connectivity index (χ1v) is 9.65. The fourth-order valence-electron chi connectivity index (χ4n) is 2.52. The first-order valence-electron chi connectivity index (χ1n) is 8.90. The third-order valence-corrected chi connectivity index (χ3v) is 4.62. The number of benzene rings is 2. The third kappa shape index (κ3) is 6.58. The molecule has 29 heavy (non-hydrogen) atoms. The topological polar surface area (TPSA) is 72.0 Å². The van der Waals surface area contributed by atoms with Gasteiger partial charge in [0.15, 0.2) is 5.71 Å². The Bertz CT molecular complexity index is 880. The maximum atomic E-state index is 12.1. The summed E-state index contributed by atoms with van der Waals surface area (Å²) < 4.78 is 0. The Morgan fingerprint density at radius 2 is 1.86 bits per heavy atom. The predicted octanol–water partition coefficient (Wildman–Crippen LogP) is 4.21. The summed E-state index contributed by atoms with van der Waals surface area (Å²) in [5, 5.41) is 7.55. The van der Waals surface area contributed by atoms with Gasteiger partial charge in [-0.2, -0.15) is 5.48 Å². The van der Waals surface area contributed by atoms with Crippen molar-refractivity contribution in [1.82, 2.24) is 10.8 Å². The van der Waals surface area contributed by atoms with Gasteiger partial charge in [-0.25, -0.2) is 0 Å². The van der Waals surface area contributed by atoms with Crippen LogP contribution in [0.15, 0.2) is 53.7 Å². The minimum atomic E-state index is -0.340. The molecule has 0 saturated carbocycles. The number of likely N-dealkylation sites (N-methyl/N-ethyl adjacent to an activating group) is 1. The van der Waals surface area contributed by atoms with E-state index in [0.717, 1.165) is 11.1 Å². The lowest BCUT2D eigenvalue weighted by Crippen LogP contribution is -2.30. The van der Waals surface area contributed by atoms with E-state index in [1.54, 1.807) is 24.3 Å². The molecule has 154 valence electrons. The molecule has 2 rings (SSSR count). The molecule has 0 aliphatic carbocycles. The van der Waals surface area contributed by atoms with E-state index in [2.05, 4.69) is 16.0 Å². The standard InChI is InChI=1S/C21H23Cl2N3O3/c1-14(11-12-17-18(22)9-6-10-19(17)23)29-25-13-15-7-4-5-8-16(15)20(26-28-3)21(27)24-2/h4-12,14,25H,13H2,1-3H3,(H,24,27). The van der Waals surface area contributed by atoms with Gasteiger partial charge in [0.25, 0.3) is 5.91 Å². The van der Waals surface area contributed by atoms with Crippen LogP contribution in [0.4, 0.5) is 0 Å². The second kappa shape index (κ2) is 11.6. The van der Waals surface area contributed by atoms with Crippen molar-refractivity contribution in [2.45, 2.75) is 19.6 Å². The van der Waals surface area contributed by atoms with Gasteiger partial charge in [0, 0.05) is 34.8 Å². The summed E-state index contributed by atoms with van der Waals surface area (Å²) in [7, 11) is 2.93. The minimum Gasteiger partial charge on any atom is -0.398 e. The zero-order chi connectivity index (χ0) is 21.2. The molecule has 1 unspecified atom stereocenters. The number of hydrogen-bond acceptors (Lipinski definition) is 5. The lowest BCUT2D eigenvalue weighted by molar-refractivity contribution is -0.114. The van der Waals surface area contributed by atoms with Crippen LogP contribution in [0, 0.1) is 0 Å². The van der Waals surface area contributed by atoms with Crippen LogP contribution in [-0.4, -0.2) is 31.9 Å². The molecule has 2 N–H and O–H groups in total. The van der Waals surface area contributed by atoms with Gasteiger partial charge in [0.05, 0.1) is 6.10 Å². The zero-order valence-corrected chi connectivity index (χ0v) is 17.9. The summed E-state index contributed by atoms with van der Waals surface area (Å²) in [5.41, 5.74) is 5.32. The first kappa shape index (κ1) is 22.9. The molecule has 0 saturated heterocycles. The Balaban J connectivity index is 2.03. The Labute approximate surface area is 180 Å². The monoisotopic (exact) mass is 435 g/mol. The summed E-state index contributed by atoms with van der Waals surface area (Å²) in [4.78, 5) is 22.6. The maximum absolute atomic E-state index is 12.1. The first-order chi connectivity index (χ1) is 14.0. The zero-order valence-electron chi connectivity index (χ0n) is 16.4. The number of amides is 1. The number of carbonyl (C=O) groups is 1. The molecule has 2 aromatic rings. The molecule has 8 heteroatoms. The van der Waals surface area contributed by atoms with Gasteiger partial charge in [-0.05, 0) is 24.6 Å². The lowest BCUT2D eigenvalue weighted by atomic mass is 10.0. The van der Waals surface area contributed by atoms with Crippen LogP contribution in [0.1, 0.15) is 23.6 Å². The SMILES string of the molecule is CNC(=O)C(=NOC)c1ccccc1CNOC(C)C=Cc1c(Cl)cccc1Cl. The molecule has 2 aromatic carbocycles. The average Bonchev–Trinajstić information content (AvgIpc) is 2.71. The second-order valence-corrected chi connectivity index (χ2v) is 6.81. The van der Waals surface area contributed by atoms with Gasteiger partial charge in [-0.3, -0.25) is 9.63 Å². The summed E-state index contributed by atoms with van der Waals surface area (Å²) in [6.07, 6.45) is 3.41. The highest BCUT2D eigenvalue weighted by atomic mass is 35.5. The maximum Gasteiger partial charge on any atom is 0.273 e. The van der Waals surface area contributed by atoms with Crippen molar-refractivity contribution in [2.24, 2.45) is 5.16 Å². The van der Waals surface area contributed by atoms with Crippen LogP contribution >= 0.6 is 23.2 Å². The van der Waals surface area contributed by atoms with E-state index in [-0.39, 0.29) is 17.7 Å². The minimum absolute atomic E-state index is 0.189. The van der Waals surface area contributed by atoms with E-state index in [9.17, 15) is 4.79 Å². The number of nitrogens with one attached hydrogen (secondary N) is 2.